The average molecular weight is 348 g/mol. The first-order valence-electron chi connectivity index (χ1n) is 8.98. The number of likely N-dealkylation sites (tertiary alicyclic amines) is 1. The van der Waals surface area contributed by atoms with Gasteiger partial charge in [0.15, 0.2) is 11.6 Å². The second-order valence-corrected chi connectivity index (χ2v) is 6.84. The van der Waals surface area contributed by atoms with Crippen LogP contribution >= 0.6 is 0 Å². The summed E-state index contributed by atoms with van der Waals surface area (Å²) >= 11 is 0. The molecule has 2 aliphatic rings. The quantitative estimate of drug-likeness (QED) is 0.714. The molecule has 1 spiro atoms. The van der Waals surface area contributed by atoms with Crippen LogP contribution in [0.2, 0.25) is 0 Å². The van der Waals surface area contributed by atoms with E-state index >= 15 is 0 Å². The molecular weight excluding hydrogens is 328 g/mol. The topological polar surface area (TPSA) is 54.5 Å². The van der Waals surface area contributed by atoms with Crippen molar-refractivity contribution in [1.82, 2.24) is 14.5 Å². The Morgan fingerprint density at radius 1 is 1.27 bits per heavy atom. The highest BCUT2D eigenvalue weighted by atomic mass is 16.3. The summed E-state index contributed by atoms with van der Waals surface area (Å²) in [4.78, 5) is 21.7. The summed E-state index contributed by atoms with van der Waals surface area (Å²) in [7, 11) is 0. The van der Waals surface area contributed by atoms with Crippen LogP contribution in [0.4, 0.5) is 5.69 Å². The Labute approximate surface area is 151 Å². The van der Waals surface area contributed by atoms with Gasteiger partial charge in [0.05, 0.1) is 24.2 Å². The van der Waals surface area contributed by atoms with Crippen LogP contribution in [0.5, 0.6) is 0 Å². The van der Waals surface area contributed by atoms with Crippen molar-refractivity contribution in [3.8, 4) is 5.82 Å². The first kappa shape index (κ1) is 15.3. The largest absolute Gasteiger partial charge is 0.459 e. The molecule has 26 heavy (non-hydrogen) atoms. The molecule has 132 valence electrons. The number of anilines is 1. The summed E-state index contributed by atoms with van der Waals surface area (Å²) in [5.74, 6) is 1.31. The van der Waals surface area contributed by atoms with Crippen LogP contribution in [0.1, 0.15) is 29.6 Å². The van der Waals surface area contributed by atoms with E-state index in [2.05, 4.69) is 45.8 Å². The normalized spacial score (nSPS) is 21.1. The van der Waals surface area contributed by atoms with Gasteiger partial charge in [-0.1, -0.05) is 0 Å². The summed E-state index contributed by atoms with van der Waals surface area (Å²) in [6, 6.07) is 11.8. The number of hydrogen-bond donors (Lipinski definition) is 0. The molecular formula is C20H20N4O2. The second-order valence-electron chi connectivity index (χ2n) is 6.84. The number of aromatic nitrogens is 2. The Hall–Kier alpha value is -3.02. The number of hydrogen-bond acceptors (Lipinski definition) is 4. The highest BCUT2D eigenvalue weighted by Gasteiger charge is 2.50. The molecule has 0 unspecified atom stereocenters. The molecule has 0 aliphatic carbocycles. The molecule has 3 aromatic rings. The molecule has 6 heteroatoms. The fraction of sp³-hybridized carbons (Fsp3) is 0.300. The van der Waals surface area contributed by atoms with E-state index in [1.165, 1.54) is 5.69 Å². The number of fused-ring (bicyclic) bond motifs is 4. The van der Waals surface area contributed by atoms with E-state index < -0.39 is 0 Å². The number of furan rings is 1. The smallest absolute Gasteiger partial charge is 0.289 e. The van der Waals surface area contributed by atoms with Gasteiger partial charge in [0.25, 0.3) is 5.91 Å². The molecule has 2 aliphatic heterocycles. The molecule has 0 N–H and O–H groups in total. The van der Waals surface area contributed by atoms with Gasteiger partial charge in [-0.15, -0.1) is 0 Å². The zero-order chi connectivity index (χ0) is 17.7. The van der Waals surface area contributed by atoms with E-state index in [1.54, 1.807) is 18.4 Å². The number of likely N-dealkylation sites (N-methyl/N-ethyl adjacent to an activating group) is 1. The predicted octanol–water partition coefficient (Wildman–Crippen LogP) is 3.05. The zero-order valence-corrected chi connectivity index (χ0v) is 14.6. The van der Waals surface area contributed by atoms with E-state index in [0.717, 1.165) is 24.5 Å². The van der Waals surface area contributed by atoms with E-state index in [4.69, 9.17) is 4.42 Å². The Bertz CT molecular complexity index is 962. The summed E-state index contributed by atoms with van der Waals surface area (Å²) in [6.07, 6.45) is 6.32. The molecule has 5 heterocycles. The maximum absolute atomic E-state index is 12.8. The van der Waals surface area contributed by atoms with Gasteiger partial charge in [-0.3, -0.25) is 4.79 Å². The molecule has 1 amide bonds. The van der Waals surface area contributed by atoms with Crippen molar-refractivity contribution in [3.05, 3.63) is 66.5 Å². The van der Waals surface area contributed by atoms with E-state index in [-0.39, 0.29) is 11.4 Å². The van der Waals surface area contributed by atoms with Crippen molar-refractivity contribution in [2.45, 2.75) is 18.9 Å². The monoisotopic (exact) mass is 348 g/mol. The Morgan fingerprint density at radius 2 is 2.19 bits per heavy atom. The van der Waals surface area contributed by atoms with Gasteiger partial charge in [-0.2, -0.15) is 0 Å². The minimum absolute atomic E-state index is 0.0435. The van der Waals surface area contributed by atoms with E-state index in [9.17, 15) is 4.79 Å². The molecule has 3 aromatic heterocycles. The van der Waals surface area contributed by atoms with Crippen molar-refractivity contribution < 1.29 is 9.21 Å². The van der Waals surface area contributed by atoms with Gasteiger partial charge in [0.2, 0.25) is 0 Å². The molecule has 0 saturated carbocycles. The third-order valence-corrected chi connectivity index (χ3v) is 5.61. The van der Waals surface area contributed by atoms with Gasteiger partial charge >= 0.3 is 0 Å². The first-order valence-corrected chi connectivity index (χ1v) is 8.98. The number of carbonyl (C=O) groups is 1. The summed E-state index contributed by atoms with van der Waals surface area (Å²) in [6.45, 7) is 4.36. The first-order chi connectivity index (χ1) is 12.7. The van der Waals surface area contributed by atoms with Crippen molar-refractivity contribution in [2.24, 2.45) is 0 Å². The molecule has 6 nitrogen and oxygen atoms in total. The van der Waals surface area contributed by atoms with Gasteiger partial charge in [-0.25, -0.2) is 4.98 Å². The van der Waals surface area contributed by atoms with Crippen LogP contribution in [0.15, 0.2) is 59.5 Å². The van der Waals surface area contributed by atoms with Gasteiger partial charge in [0.1, 0.15) is 5.54 Å². The van der Waals surface area contributed by atoms with Crippen LogP contribution in [0, 0.1) is 0 Å². The third-order valence-electron chi connectivity index (χ3n) is 5.61. The zero-order valence-electron chi connectivity index (χ0n) is 14.6. The van der Waals surface area contributed by atoms with Gasteiger partial charge < -0.3 is 18.8 Å². The maximum Gasteiger partial charge on any atom is 0.289 e. The second kappa shape index (κ2) is 5.49. The molecule has 1 atom stereocenters. The summed E-state index contributed by atoms with van der Waals surface area (Å²) in [5, 5.41) is 0. The van der Waals surface area contributed by atoms with Crippen molar-refractivity contribution in [2.75, 3.05) is 24.5 Å². The molecule has 0 aromatic carbocycles. The lowest BCUT2D eigenvalue weighted by Crippen LogP contribution is -2.52. The number of pyridine rings is 1. The minimum atomic E-state index is -0.240. The number of amides is 1. The lowest BCUT2D eigenvalue weighted by atomic mass is 9.89. The standard InChI is InChI=1S/C20H20N4O2/c1-2-24-15-6-3-10-21-18(15)23-11-4-8-17(23)20(24)9-12-22(14-20)19(25)16-7-5-13-26-16/h3-8,10-11,13H,2,9,12,14H2,1H3/t20-/m0/s1. The maximum atomic E-state index is 12.8. The fourth-order valence-electron chi connectivity index (χ4n) is 4.52. The van der Waals surface area contributed by atoms with Gasteiger partial charge in [0, 0.05) is 25.5 Å². The molecule has 5 rings (SSSR count). The highest BCUT2D eigenvalue weighted by Crippen LogP contribution is 2.46. The third kappa shape index (κ3) is 1.92. The molecule has 1 saturated heterocycles. The molecule has 0 bridgehead atoms. The SMILES string of the molecule is CCN1c2cccnc2-n2cccc2[C@@]12CCN(C(=O)c1ccco1)C2. The minimum Gasteiger partial charge on any atom is -0.459 e. The number of nitrogens with zero attached hydrogens (tertiary/aromatic N) is 4. The molecule has 0 radical (unpaired) electrons. The van der Waals surface area contributed by atoms with Crippen LogP contribution in [-0.2, 0) is 5.54 Å². The van der Waals surface area contributed by atoms with Gasteiger partial charge in [-0.05, 0) is 49.7 Å². The Balaban J connectivity index is 1.60. The predicted molar refractivity (Wildman–Crippen MR) is 97.5 cm³/mol. The van der Waals surface area contributed by atoms with Crippen molar-refractivity contribution in [3.63, 3.8) is 0 Å². The van der Waals surface area contributed by atoms with Crippen LogP contribution in [0.25, 0.3) is 5.82 Å². The summed E-state index contributed by atoms with van der Waals surface area (Å²) in [5.41, 5.74) is 2.07. The Kier molecular flexibility index (Phi) is 3.22. The summed E-state index contributed by atoms with van der Waals surface area (Å²) < 4.78 is 7.50. The lowest BCUT2D eigenvalue weighted by Gasteiger charge is -2.46. The van der Waals surface area contributed by atoms with Crippen molar-refractivity contribution >= 4 is 11.6 Å². The fourth-order valence-corrected chi connectivity index (χ4v) is 4.52. The Morgan fingerprint density at radius 3 is 3.00 bits per heavy atom. The molecule has 1 fully saturated rings. The average Bonchev–Trinajstić information content (AvgIpc) is 3.42. The number of carbonyl (C=O) groups excluding carboxylic acids is 1. The van der Waals surface area contributed by atoms with Crippen LogP contribution in [0.3, 0.4) is 0 Å². The van der Waals surface area contributed by atoms with Crippen LogP contribution < -0.4 is 4.90 Å². The van der Waals surface area contributed by atoms with E-state index in [1.807, 2.05) is 17.2 Å². The van der Waals surface area contributed by atoms with Crippen LogP contribution in [-0.4, -0.2) is 40.0 Å². The highest BCUT2D eigenvalue weighted by molar-refractivity contribution is 5.92. The number of rotatable bonds is 2. The van der Waals surface area contributed by atoms with E-state index in [0.29, 0.717) is 18.8 Å². The lowest BCUT2D eigenvalue weighted by molar-refractivity contribution is 0.0750. The van der Waals surface area contributed by atoms with Crippen molar-refractivity contribution in [1.29, 1.82) is 0 Å².